The molecule has 0 bridgehead atoms. The highest BCUT2D eigenvalue weighted by Crippen LogP contribution is 2.09. The minimum Gasteiger partial charge on any atom is -0.457 e. The van der Waals surface area contributed by atoms with Crippen LogP contribution in [0.15, 0.2) is 73.8 Å². The second kappa shape index (κ2) is 30.3. The van der Waals surface area contributed by atoms with Crippen LogP contribution in [0.3, 0.4) is 0 Å². The second-order valence-electron chi connectivity index (χ2n) is 2.42. The van der Waals surface area contributed by atoms with Gasteiger partial charge >= 0.3 is 0 Å². The Morgan fingerprint density at radius 3 is 1.45 bits per heavy atom. The average Bonchev–Trinajstić information content (AvgIpc) is 2.53. The third kappa shape index (κ3) is 21.5. The normalized spacial score (nSPS) is 9.75. The quantitative estimate of drug-likeness (QED) is 0.376. The Bertz CT molecular complexity index is 291. The van der Waals surface area contributed by atoms with Gasteiger partial charge in [0.15, 0.2) is 0 Å². The Hall–Kier alpha value is -1.76. The molecule has 20 heavy (non-hydrogen) atoms. The van der Waals surface area contributed by atoms with Crippen molar-refractivity contribution in [3.8, 4) is 0 Å². The maximum absolute atomic E-state index is 5.50. The molecule has 0 amide bonds. The fourth-order valence-corrected chi connectivity index (χ4v) is 0.800. The van der Waals surface area contributed by atoms with Gasteiger partial charge in [-0.05, 0) is 31.2 Å². The van der Waals surface area contributed by atoms with Gasteiger partial charge in [-0.3, -0.25) is 0 Å². The van der Waals surface area contributed by atoms with E-state index < -0.39 is 0 Å². The van der Waals surface area contributed by atoms with Crippen molar-refractivity contribution >= 4 is 0 Å². The Balaban J connectivity index is -0.000000187. The predicted molar refractivity (Wildman–Crippen MR) is 96.7 cm³/mol. The SMILES string of the molecule is C=C/C=C(\C=C)OC(/C=C\C)=C/C=C.CC.CC.CC. The molecule has 0 fully saturated rings. The van der Waals surface area contributed by atoms with Crippen LogP contribution in [0.4, 0.5) is 0 Å². The lowest BCUT2D eigenvalue weighted by atomic mass is 10.3. The van der Waals surface area contributed by atoms with Crippen LogP contribution < -0.4 is 0 Å². The molecule has 0 saturated carbocycles. The molecule has 0 saturated heterocycles. The first kappa shape index (κ1) is 26.7. The summed E-state index contributed by atoms with van der Waals surface area (Å²) in [6.07, 6.45) is 12.2. The van der Waals surface area contributed by atoms with Crippen molar-refractivity contribution in [1.29, 1.82) is 0 Å². The molecule has 1 heteroatoms. The fraction of sp³-hybridized carbons (Fsp3) is 0.368. The summed E-state index contributed by atoms with van der Waals surface area (Å²) < 4.78 is 5.50. The maximum atomic E-state index is 5.50. The van der Waals surface area contributed by atoms with Gasteiger partial charge in [0.2, 0.25) is 0 Å². The highest BCUT2D eigenvalue weighted by molar-refractivity contribution is 5.23. The molecule has 0 atom stereocenters. The summed E-state index contributed by atoms with van der Waals surface area (Å²) >= 11 is 0. The van der Waals surface area contributed by atoms with Gasteiger partial charge in [-0.1, -0.05) is 79.5 Å². The third-order valence-electron chi connectivity index (χ3n) is 1.33. The van der Waals surface area contributed by atoms with E-state index in [9.17, 15) is 0 Å². The van der Waals surface area contributed by atoms with Crippen molar-refractivity contribution in [2.75, 3.05) is 0 Å². The number of hydrogen-bond donors (Lipinski definition) is 0. The molecule has 1 nitrogen and oxygen atoms in total. The average molecular weight is 278 g/mol. The Morgan fingerprint density at radius 2 is 1.15 bits per heavy atom. The van der Waals surface area contributed by atoms with Gasteiger partial charge in [-0.15, -0.1) is 0 Å². The molecule has 0 aromatic carbocycles. The van der Waals surface area contributed by atoms with Gasteiger partial charge in [0.25, 0.3) is 0 Å². The standard InChI is InChI=1S/C13H16O.3C2H6/c1-5-9-12(8-4)14-13(10-6-2)11-7-3;3*1-2/h5-11H,1-2,4H2,3H3;3*1-2H3/b11-7-,12-9+,13-10+;;;. The molecular weight excluding hydrogens is 244 g/mol. The Kier molecular flexibility index (Phi) is 40.6. The highest BCUT2D eigenvalue weighted by Gasteiger charge is 1.94. The highest BCUT2D eigenvalue weighted by atomic mass is 16.5. The van der Waals surface area contributed by atoms with Crippen LogP contribution in [-0.4, -0.2) is 0 Å². The smallest absolute Gasteiger partial charge is 0.127 e. The molecule has 0 aliphatic heterocycles. The first-order valence-electron chi connectivity index (χ1n) is 7.37. The molecule has 0 rings (SSSR count). The summed E-state index contributed by atoms with van der Waals surface area (Å²) in [6, 6.07) is 0. The zero-order valence-corrected chi connectivity index (χ0v) is 14.6. The van der Waals surface area contributed by atoms with Gasteiger partial charge in [-0.25, -0.2) is 0 Å². The summed E-state index contributed by atoms with van der Waals surface area (Å²) in [7, 11) is 0. The lowest BCUT2D eigenvalue weighted by molar-refractivity contribution is 0.336. The van der Waals surface area contributed by atoms with Crippen molar-refractivity contribution in [3.63, 3.8) is 0 Å². The molecular formula is C19H34O. The van der Waals surface area contributed by atoms with E-state index in [0.717, 1.165) is 5.76 Å². The van der Waals surface area contributed by atoms with Crippen molar-refractivity contribution in [3.05, 3.63) is 73.8 Å². The van der Waals surface area contributed by atoms with E-state index in [1.54, 1.807) is 30.4 Å². The first-order chi connectivity index (χ1) is 9.78. The summed E-state index contributed by atoms with van der Waals surface area (Å²) in [5.41, 5.74) is 0. The van der Waals surface area contributed by atoms with Gasteiger partial charge in [0.05, 0.1) is 0 Å². The molecule has 0 aromatic rings. The van der Waals surface area contributed by atoms with Crippen molar-refractivity contribution in [2.45, 2.75) is 48.5 Å². The zero-order chi connectivity index (χ0) is 16.8. The van der Waals surface area contributed by atoms with E-state index >= 15 is 0 Å². The van der Waals surface area contributed by atoms with Crippen LogP contribution in [0.25, 0.3) is 0 Å². The number of ether oxygens (including phenoxy) is 1. The molecule has 0 heterocycles. The molecule has 0 aliphatic carbocycles. The van der Waals surface area contributed by atoms with E-state index in [2.05, 4.69) is 19.7 Å². The summed E-state index contributed by atoms with van der Waals surface area (Å²) in [6.45, 7) is 24.7. The van der Waals surface area contributed by atoms with E-state index in [0.29, 0.717) is 5.76 Å². The van der Waals surface area contributed by atoms with Gasteiger partial charge in [-0.2, -0.15) is 0 Å². The zero-order valence-electron chi connectivity index (χ0n) is 14.6. The molecule has 0 aliphatic rings. The lowest BCUT2D eigenvalue weighted by Gasteiger charge is -2.05. The van der Waals surface area contributed by atoms with Gasteiger partial charge < -0.3 is 4.74 Å². The number of allylic oxidation sites excluding steroid dienone is 7. The Labute approximate surface area is 127 Å². The minimum absolute atomic E-state index is 0.659. The van der Waals surface area contributed by atoms with Crippen LogP contribution in [0.1, 0.15) is 48.5 Å². The van der Waals surface area contributed by atoms with Gasteiger partial charge in [0.1, 0.15) is 11.5 Å². The van der Waals surface area contributed by atoms with Crippen molar-refractivity contribution in [1.82, 2.24) is 0 Å². The maximum Gasteiger partial charge on any atom is 0.127 e. The van der Waals surface area contributed by atoms with Crippen molar-refractivity contribution < 1.29 is 4.74 Å². The number of hydrogen-bond acceptors (Lipinski definition) is 1. The number of rotatable bonds is 6. The summed E-state index contributed by atoms with van der Waals surface area (Å²) in [5, 5.41) is 0. The summed E-state index contributed by atoms with van der Waals surface area (Å²) in [4.78, 5) is 0. The third-order valence-corrected chi connectivity index (χ3v) is 1.33. The fourth-order valence-electron chi connectivity index (χ4n) is 0.800. The van der Waals surface area contributed by atoms with Gasteiger partial charge in [0, 0.05) is 0 Å². The molecule has 0 unspecified atom stereocenters. The Morgan fingerprint density at radius 1 is 0.750 bits per heavy atom. The van der Waals surface area contributed by atoms with E-state index in [1.165, 1.54) is 0 Å². The van der Waals surface area contributed by atoms with E-state index in [4.69, 9.17) is 4.74 Å². The lowest BCUT2D eigenvalue weighted by Crippen LogP contribution is -1.87. The topological polar surface area (TPSA) is 9.23 Å². The first-order valence-corrected chi connectivity index (χ1v) is 7.37. The largest absolute Gasteiger partial charge is 0.457 e. The van der Waals surface area contributed by atoms with Crippen LogP contribution in [0.5, 0.6) is 0 Å². The van der Waals surface area contributed by atoms with Crippen molar-refractivity contribution in [2.24, 2.45) is 0 Å². The molecule has 116 valence electrons. The molecule has 0 spiro atoms. The van der Waals surface area contributed by atoms with Crippen LogP contribution >= 0.6 is 0 Å². The molecule has 0 N–H and O–H groups in total. The van der Waals surface area contributed by atoms with E-state index in [1.807, 2.05) is 60.6 Å². The second-order valence-corrected chi connectivity index (χ2v) is 2.42. The van der Waals surface area contributed by atoms with E-state index in [-0.39, 0.29) is 0 Å². The van der Waals surface area contributed by atoms with Crippen LogP contribution in [0.2, 0.25) is 0 Å². The molecule has 0 radical (unpaired) electrons. The van der Waals surface area contributed by atoms with Crippen LogP contribution in [0, 0.1) is 0 Å². The minimum atomic E-state index is 0.659. The predicted octanol–water partition coefficient (Wildman–Crippen LogP) is 6.98. The molecule has 0 aromatic heterocycles. The van der Waals surface area contributed by atoms with Crippen LogP contribution in [-0.2, 0) is 4.74 Å². The monoisotopic (exact) mass is 278 g/mol. The summed E-state index contributed by atoms with van der Waals surface area (Å²) in [5.74, 6) is 1.38.